The van der Waals surface area contributed by atoms with Crippen molar-refractivity contribution in [3.63, 3.8) is 0 Å². The van der Waals surface area contributed by atoms with Crippen molar-refractivity contribution < 1.29 is 35.1 Å². The summed E-state index contributed by atoms with van der Waals surface area (Å²) < 4.78 is 94.7. The first kappa shape index (κ1) is 29.3. The molecule has 0 bridgehead atoms. The number of alkyl halides is 3. The van der Waals surface area contributed by atoms with E-state index >= 15 is 0 Å². The lowest BCUT2D eigenvalue weighted by Crippen LogP contribution is -2.59. The fourth-order valence-corrected chi connectivity index (χ4v) is 8.30. The largest absolute Gasteiger partial charge is 0.421 e. The first-order valence-corrected chi connectivity index (χ1v) is 16.4. The number of halogens is 3. The summed E-state index contributed by atoms with van der Waals surface area (Å²) in [6, 6.07) is 7.86. The Labute approximate surface area is 225 Å². The van der Waals surface area contributed by atoms with Crippen LogP contribution in [0.5, 0.6) is 0 Å². The number of hydrogen-bond acceptors (Lipinski definition) is 7. The molecule has 212 valence electrons. The number of aliphatic hydroxyl groups is 1. The fraction of sp³-hybridized carbons (Fsp3) is 0.583. The predicted octanol–water partition coefficient (Wildman–Crippen LogP) is 3.46. The molecule has 0 unspecified atom stereocenters. The minimum Gasteiger partial charge on any atom is -0.376 e. The van der Waals surface area contributed by atoms with Crippen molar-refractivity contribution in [2.45, 2.75) is 48.2 Å². The maximum atomic E-state index is 13.3. The van der Waals surface area contributed by atoms with Gasteiger partial charge in [-0.05, 0) is 54.8 Å². The van der Waals surface area contributed by atoms with E-state index in [2.05, 4.69) is 0 Å². The van der Waals surface area contributed by atoms with Crippen molar-refractivity contribution >= 4 is 37.1 Å². The number of benzene rings is 1. The smallest absolute Gasteiger partial charge is 0.376 e. The van der Waals surface area contributed by atoms with Crippen LogP contribution in [0.2, 0.25) is 0 Å². The van der Waals surface area contributed by atoms with E-state index in [9.17, 15) is 35.1 Å². The van der Waals surface area contributed by atoms with Crippen LogP contribution in [0.15, 0.2) is 46.0 Å². The third-order valence-electron chi connectivity index (χ3n) is 7.42. The minimum absolute atomic E-state index is 0.0128. The Bertz CT molecular complexity index is 1310. The molecule has 0 spiro atoms. The molecule has 2 heterocycles. The molecule has 0 radical (unpaired) electrons. The summed E-state index contributed by atoms with van der Waals surface area (Å²) in [6.07, 6.45) is -0.832. The van der Waals surface area contributed by atoms with Crippen LogP contribution in [0.3, 0.4) is 0 Å². The molecule has 2 aliphatic rings. The van der Waals surface area contributed by atoms with Crippen LogP contribution >= 0.6 is 11.3 Å². The van der Waals surface area contributed by atoms with Gasteiger partial charge in [-0.15, -0.1) is 11.3 Å². The zero-order valence-electron chi connectivity index (χ0n) is 21.1. The van der Waals surface area contributed by atoms with E-state index in [1.54, 1.807) is 11.4 Å². The zero-order chi connectivity index (χ0) is 27.9. The van der Waals surface area contributed by atoms with E-state index in [-0.39, 0.29) is 41.9 Å². The van der Waals surface area contributed by atoms with Crippen LogP contribution in [0.25, 0.3) is 0 Å². The highest BCUT2D eigenvalue weighted by Crippen LogP contribution is 2.39. The Morgan fingerprint density at radius 2 is 1.71 bits per heavy atom. The molecule has 4 rings (SSSR count). The molecule has 1 aliphatic carbocycles. The third kappa shape index (κ3) is 6.04. The van der Waals surface area contributed by atoms with Gasteiger partial charge in [-0.2, -0.15) is 21.8 Å². The highest BCUT2D eigenvalue weighted by atomic mass is 32.2. The minimum atomic E-state index is -4.86. The number of sulfonamides is 2. The van der Waals surface area contributed by atoms with Gasteiger partial charge in [0.2, 0.25) is 10.0 Å². The van der Waals surface area contributed by atoms with E-state index in [0.717, 1.165) is 36.9 Å². The first-order valence-electron chi connectivity index (χ1n) is 12.3. The Balaban J connectivity index is 1.64. The Hall–Kier alpha value is -1.71. The number of thiophene rings is 1. The molecule has 2 fully saturated rings. The van der Waals surface area contributed by atoms with Gasteiger partial charge in [-0.3, -0.25) is 0 Å². The Morgan fingerprint density at radius 3 is 2.21 bits per heavy atom. The van der Waals surface area contributed by atoms with E-state index < -0.39 is 37.9 Å². The highest BCUT2D eigenvalue weighted by Gasteiger charge is 2.51. The van der Waals surface area contributed by atoms with E-state index in [1.165, 1.54) is 38.9 Å². The van der Waals surface area contributed by atoms with Crippen LogP contribution in [0.1, 0.15) is 31.7 Å². The standard InChI is InChI=1S/C24H32F3N3O5S3/c1-23(31,24(25,26)27)19-8-10-20(11-9-19)30-13-12-28(38(34,35)22-7-4-14-36-22)16-21(30)17-29(37(2,32)33)15-18-5-3-6-18/h4,7-11,14,18,21,31H,3,5-6,12-13,15-17H2,1-2H3/t21-,23-/m1/s1. The summed E-state index contributed by atoms with van der Waals surface area (Å²) in [5, 5.41) is 11.7. The predicted molar refractivity (Wildman–Crippen MR) is 140 cm³/mol. The quantitative estimate of drug-likeness (QED) is 0.477. The summed E-state index contributed by atoms with van der Waals surface area (Å²) >= 11 is 1.10. The second-order valence-electron chi connectivity index (χ2n) is 10.1. The van der Waals surface area contributed by atoms with Crippen LogP contribution in [-0.2, 0) is 25.6 Å². The molecule has 1 aromatic carbocycles. The third-order valence-corrected chi connectivity index (χ3v) is 11.9. The zero-order valence-corrected chi connectivity index (χ0v) is 23.6. The molecule has 1 saturated carbocycles. The van der Waals surface area contributed by atoms with E-state index in [1.807, 2.05) is 4.90 Å². The summed E-state index contributed by atoms with van der Waals surface area (Å²) in [5.74, 6) is 0.247. The fourth-order valence-electron chi connectivity index (χ4n) is 4.76. The molecule has 1 saturated heterocycles. The number of hydrogen-bond donors (Lipinski definition) is 1. The summed E-state index contributed by atoms with van der Waals surface area (Å²) in [7, 11) is -7.39. The Kier molecular flexibility index (Phi) is 8.24. The molecule has 2 atom stereocenters. The average Bonchev–Trinajstić information content (AvgIpc) is 3.35. The molecule has 1 N–H and O–H groups in total. The average molecular weight is 596 g/mol. The molecule has 1 aromatic heterocycles. The molecule has 2 aromatic rings. The molecular weight excluding hydrogens is 563 g/mol. The van der Waals surface area contributed by atoms with Gasteiger partial charge in [0.25, 0.3) is 10.0 Å². The molecule has 0 amide bonds. The normalized spacial score (nSPS) is 21.9. The SMILES string of the molecule is C[C@@](O)(c1ccc(N2CCN(S(=O)(=O)c3cccs3)C[C@@H]2CN(CC2CCC2)S(C)(=O)=O)cc1)C(F)(F)F. The van der Waals surface area contributed by atoms with Gasteiger partial charge in [0.1, 0.15) is 4.21 Å². The maximum Gasteiger partial charge on any atom is 0.421 e. The van der Waals surface area contributed by atoms with Gasteiger partial charge in [-0.25, -0.2) is 16.8 Å². The van der Waals surface area contributed by atoms with Gasteiger partial charge in [0, 0.05) is 38.4 Å². The molecule has 8 nitrogen and oxygen atoms in total. The lowest BCUT2D eigenvalue weighted by atomic mass is 9.85. The number of rotatable bonds is 9. The summed E-state index contributed by atoms with van der Waals surface area (Å²) in [4.78, 5) is 1.84. The van der Waals surface area contributed by atoms with Crippen LogP contribution in [0.4, 0.5) is 18.9 Å². The van der Waals surface area contributed by atoms with Crippen molar-refractivity contribution in [2.75, 3.05) is 43.9 Å². The lowest BCUT2D eigenvalue weighted by Gasteiger charge is -2.44. The van der Waals surface area contributed by atoms with Gasteiger partial charge in [0.15, 0.2) is 5.60 Å². The number of piperazine rings is 1. The molecule has 1 aliphatic heterocycles. The number of nitrogens with zero attached hydrogens (tertiary/aromatic N) is 3. The van der Waals surface area contributed by atoms with Crippen molar-refractivity contribution in [3.05, 3.63) is 47.3 Å². The van der Waals surface area contributed by atoms with Crippen molar-refractivity contribution in [1.82, 2.24) is 8.61 Å². The van der Waals surface area contributed by atoms with Crippen LogP contribution in [0, 0.1) is 5.92 Å². The van der Waals surface area contributed by atoms with Gasteiger partial charge in [-0.1, -0.05) is 24.6 Å². The first-order chi connectivity index (χ1) is 17.6. The van der Waals surface area contributed by atoms with Crippen molar-refractivity contribution in [1.29, 1.82) is 0 Å². The molecule has 38 heavy (non-hydrogen) atoms. The van der Waals surface area contributed by atoms with E-state index in [4.69, 9.17) is 0 Å². The second kappa shape index (κ2) is 10.7. The molecular formula is C24H32F3N3O5S3. The van der Waals surface area contributed by atoms with Crippen molar-refractivity contribution in [2.24, 2.45) is 5.92 Å². The maximum absolute atomic E-state index is 13.3. The van der Waals surface area contributed by atoms with E-state index in [0.29, 0.717) is 19.2 Å². The highest BCUT2D eigenvalue weighted by molar-refractivity contribution is 7.91. The van der Waals surface area contributed by atoms with Gasteiger partial charge < -0.3 is 10.0 Å². The van der Waals surface area contributed by atoms with Crippen LogP contribution < -0.4 is 4.90 Å². The van der Waals surface area contributed by atoms with Crippen LogP contribution in [-0.4, -0.2) is 81.8 Å². The van der Waals surface area contributed by atoms with Gasteiger partial charge in [0.05, 0.1) is 12.3 Å². The lowest BCUT2D eigenvalue weighted by molar-refractivity contribution is -0.258. The van der Waals surface area contributed by atoms with Crippen molar-refractivity contribution in [3.8, 4) is 0 Å². The van der Waals surface area contributed by atoms with Gasteiger partial charge >= 0.3 is 6.18 Å². The summed E-state index contributed by atoms with van der Waals surface area (Å²) in [6.45, 7) is 1.41. The number of anilines is 1. The summed E-state index contributed by atoms with van der Waals surface area (Å²) in [5.41, 5.74) is -2.84. The molecule has 14 heteroatoms. The Morgan fingerprint density at radius 1 is 1.05 bits per heavy atom. The second-order valence-corrected chi connectivity index (χ2v) is 15.2. The monoisotopic (exact) mass is 595 g/mol. The topological polar surface area (TPSA) is 98.2 Å².